The zero-order valence-electron chi connectivity index (χ0n) is 9.16. The number of ether oxygens (including phenoxy) is 1. The SMILES string of the molecule is CCOCCC(NC)c1ccn(C)n1. The molecule has 0 amide bonds. The molecule has 1 unspecified atom stereocenters. The Kier molecular flexibility index (Phi) is 4.62. The molecule has 1 aromatic heterocycles. The second-order valence-corrected chi connectivity index (χ2v) is 3.24. The molecule has 1 rings (SSSR count). The normalized spacial score (nSPS) is 13.1. The van der Waals surface area contributed by atoms with Gasteiger partial charge in [-0.3, -0.25) is 4.68 Å². The minimum atomic E-state index is 0.294. The van der Waals surface area contributed by atoms with Crippen molar-refractivity contribution in [1.29, 1.82) is 0 Å². The average molecular weight is 197 g/mol. The molecule has 4 nitrogen and oxygen atoms in total. The number of aryl methyl sites for hydroxylation is 1. The van der Waals surface area contributed by atoms with Crippen molar-refractivity contribution >= 4 is 0 Å². The van der Waals surface area contributed by atoms with Crippen molar-refractivity contribution in [3.8, 4) is 0 Å². The molecule has 0 bridgehead atoms. The van der Waals surface area contributed by atoms with Crippen LogP contribution in [0.2, 0.25) is 0 Å². The summed E-state index contributed by atoms with van der Waals surface area (Å²) in [4.78, 5) is 0. The number of hydrogen-bond acceptors (Lipinski definition) is 3. The van der Waals surface area contributed by atoms with Crippen LogP contribution < -0.4 is 5.32 Å². The molecule has 0 spiro atoms. The maximum absolute atomic E-state index is 5.32. The van der Waals surface area contributed by atoms with Gasteiger partial charge in [0.2, 0.25) is 0 Å². The Morgan fingerprint density at radius 1 is 1.64 bits per heavy atom. The van der Waals surface area contributed by atoms with Crippen LogP contribution in [0.3, 0.4) is 0 Å². The summed E-state index contributed by atoms with van der Waals surface area (Å²) in [5.74, 6) is 0. The van der Waals surface area contributed by atoms with Crippen LogP contribution in [0.5, 0.6) is 0 Å². The summed E-state index contributed by atoms with van der Waals surface area (Å²) in [6, 6.07) is 2.33. The van der Waals surface area contributed by atoms with E-state index in [1.807, 2.05) is 38.0 Å². The molecular formula is C10H19N3O. The Morgan fingerprint density at radius 2 is 2.43 bits per heavy atom. The first kappa shape index (κ1) is 11.2. The molecule has 4 heteroatoms. The van der Waals surface area contributed by atoms with Crippen molar-refractivity contribution in [3.63, 3.8) is 0 Å². The average Bonchev–Trinajstić information content (AvgIpc) is 2.60. The summed E-state index contributed by atoms with van der Waals surface area (Å²) in [6.45, 7) is 3.56. The quantitative estimate of drug-likeness (QED) is 0.694. The van der Waals surface area contributed by atoms with Crippen LogP contribution in [0.4, 0.5) is 0 Å². The lowest BCUT2D eigenvalue weighted by Gasteiger charge is -2.13. The van der Waals surface area contributed by atoms with Gasteiger partial charge in [0.25, 0.3) is 0 Å². The summed E-state index contributed by atoms with van der Waals surface area (Å²) in [5, 5.41) is 7.59. The summed E-state index contributed by atoms with van der Waals surface area (Å²) in [5.41, 5.74) is 1.08. The highest BCUT2D eigenvalue weighted by Crippen LogP contribution is 2.13. The largest absolute Gasteiger partial charge is 0.382 e. The predicted molar refractivity (Wildman–Crippen MR) is 56.1 cm³/mol. The Hall–Kier alpha value is -0.870. The molecule has 1 atom stereocenters. The van der Waals surface area contributed by atoms with Crippen LogP contribution in [0.15, 0.2) is 12.3 Å². The lowest BCUT2D eigenvalue weighted by Crippen LogP contribution is -2.19. The van der Waals surface area contributed by atoms with Crippen LogP contribution in [-0.2, 0) is 11.8 Å². The van der Waals surface area contributed by atoms with Crippen LogP contribution in [0, 0.1) is 0 Å². The number of hydrogen-bond donors (Lipinski definition) is 1. The van der Waals surface area contributed by atoms with Crippen LogP contribution in [-0.4, -0.2) is 30.0 Å². The lowest BCUT2D eigenvalue weighted by atomic mass is 10.1. The van der Waals surface area contributed by atoms with Crippen LogP contribution >= 0.6 is 0 Å². The Labute approximate surface area is 85.3 Å². The summed E-state index contributed by atoms with van der Waals surface area (Å²) in [6.07, 6.45) is 2.92. The third-order valence-corrected chi connectivity index (χ3v) is 2.19. The van der Waals surface area contributed by atoms with E-state index in [0.29, 0.717) is 6.04 Å². The van der Waals surface area contributed by atoms with Gasteiger partial charge in [0.05, 0.1) is 11.7 Å². The lowest BCUT2D eigenvalue weighted by molar-refractivity contribution is 0.136. The number of nitrogens with zero attached hydrogens (tertiary/aromatic N) is 2. The molecule has 0 saturated heterocycles. The van der Waals surface area contributed by atoms with Crippen molar-refractivity contribution in [2.45, 2.75) is 19.4 Å². The minimum Gasteiger partial charge on any atom is -0.382 e. The molecular weight excluding hydrogens is 178 g/mol. The fourth-order valence-electron chi connectivity index (χ4n) is 1.40. The van der Waals surface area contributed by atoms with E-state index in [0.717, 1.165) is 25.3 Å². The molecule has 0 fully saturated rings. The number of aromatic nitrogens is 2. The maximum atomic E-state index is 5.32. The van der Waals surface area contributed by atoms with Gasteiger partial charge in [-0.1, -0.05) is 0 Å². The van der Waals surface area contributed by atoms with Crippen molar-refractivity contribution in [3.05, 3.63) is 18.0 Å². The van der Waals surface area contributed by atoms with Gasteiger partial charge in [0.1, 0.15) is 0 Å². The van der Waals surface area contributed by atoms with Gasteiger partial charge in [-0.2, -0.15) is 5.10 Å². The molecule has 80 valence electrons. The molecule has 1 aromatic rings. The highest BCUT2D eigenvalue weighted by Gasteiger charge is 2.11. The first-order valence-electron chi connectivity index (χ1n) is 5.02. The van der Waals surface area contributed by atoms with Gasteiger partial charge in [-0.15, -0.1) is 0 Å². The van der Waals surface area contributed by atoms with Crippen LogP contribution in [0.1, 0.15) is 25.1 Å². The van der Waals surface area contributed by atoms with Crippen molar-refractivity contribution in [1.82, 2.24) is 15.1 Å². The Bertz CT molecular complexity index is 260. The maximum Gasteiger partial charge on any atom is 0.0794 e. The van der Waals surface area contributed by atoms with E-state index in [4.69, 9.17) is 4.74 Å². The molecule has 0 radical (unpaired) electrons. The molecule has 0 aliphatic heterocycles. The zero-order chi connectivity index (χ0) is 10.4. The van der Waals surface area contributed by atoms with Gasteiger partial charge in [-0.25, -0.2) is 0 Å². The summed E-state index contributed by atoms with van der Waals surface area (Å²) < 4.78 is 7.14. The molecule has 1 heterocycles. The monoisotopic (exact) mass is 197 g/mol. The van der Waals surface area contributed by atoms with Gasteiger partial charge in [0.15, 0.2) is 0 Å². The standard InChI is InChI=1S/C10H19N3O/c1-4-14-8-6-9(11-2)10-5-7-13(3)12-10/h5,7,9,11H,4,6,8H2,1-3H3. The van der Waals surface area contributed by atoms with E-state index in [1.165, 1.54) is 0 Å². The van der Waals surface area contributed by atoms with E-state index in [1.54, 1.807) is 0 Å². The van der Waals surface area contributed by atoms with Crippen molar-refractivity contribution in [2.24, 2.45) is 7.05 Å². The van der Waals surface area contributed by atoms with Crippen LogP contribution in [0.25, 0.3) is 0 Å². The topological polar surface area (TPSA) is 39.1 Å². The second-order valence-electron chi connectivity index (χ2n) is 3.24. The highest BCUT2D eigenvalue weighted by molar-refractivity contribution is 5.04. The Balaban J connectivity index is 2.45. The van der Waals surface area contributed by atoms with E-state index < -0.39 is 0 Å². The molecule has 1 N–H and O–H groups in total. The fraction of sp³-hybridized carbons (Fsp3) is 0.700. The number of rotatable bonds is 6. The molecule has 14 heavy (non-hydrogen) atoms. The van der Waals surface area contributed by atoms with Gasteiger partial charge >= 0.3 is 0 Å². The summed E-state index contributed by atoms with van der Waals surface area (Å²) >= 11 is 0. The van der Waals surface area contributed by atoms with Gasteiger partial charge < -0.3 is 10.1 Å². The smallest absolute Gasteiger partial charge is 0.0794 e. The minimum absolute atomic E-state index is 0.294. The van der Waals surface area contributed by atoms with Crippen molar-refractivity contribution in [2.75, 3.05) is 20.3 Å². The first-order chi connectivity index (χ1) is 6.77. The van der Waals surface area contributed by atoms with E-state index in [9.17, 15) is 0 Å². The predicted octanol–water partition coefficient (Wildman–Crippen LogP) is 1.11. The highest BCUT2D eigenvalue weighted by atomic mass is 16.5. The van der Waals surface area contributed by atoms with E-state index in [2.05, 4.69) is 10.4 Å². The van der Waals surface area contributed by atoms with Gasteiger partial charge in [-0.05, 0) is 26.5 Å². The van der Waals surface area contributed by atoms with E-state index in [-0.39, 0.29) is 0 Å². The third kappa shape index (κ3) is 3.12. The van der Waals surface area contributed by atoms with Gasteiger partial charge in [0, 0.05) is 26.5 Å². The Morgan fingerprint density at radius 3 is 2.93 bits per heavy atom. The summed E-state index contributed by atoms with van der Waals surface area (Å²) in [7, 11) is 3.88. The molecule has 0 aliphatic carbocycles. The first-order valence-corrected chi connectivity index (χ1v) is 5.02. The van der Waals surface area contributed by atoms with Crippen molar-refractivity contribution < 1.29 is 4.74 Å². The number of nitrogens with one attached hydrogen (secondary N) is 1. The van der Waals surface area contributed by atoms with E-state index >= 15 is 0 Å². The zero-order valence-corrected chi connectivity index (χ0v) is 9.16. The molecule has 0 aliphatic rings. The third-order valence-electron chi connectivity index (χ3n) is 2.19. The second kappa shape index (κ2) is 5.78. The molecule has 0 aromatic carbocycles. The fourth-order valence-corrected chi connectivity index (χ4v) is 1.40. The molecule has 0 saturated carbocycles.